The Balaban J connectivity index is 1.66. The molecule has 21 heavy (non-hydrogen) atoms. The molecule has 4 nitrogen and oxygen atoms in total. The fraction of sp³-hybridized carbons (Fsp3) is 0.333. The van der Waals surface area contributed by atoms with Gasteiger partial charge in [-0.3, -0.25) is 0 Å². The molecule has 0 N–H and O–H groups in total. The second-order valence-electron chi connectivity index (χ2n) is 4.95. The van der Waals surface area contributed by atoms with Gasteiger partial charge in [-0.2, -0.15) is 0 Å². The Labute approximate surface area is 137 Å². The number of alkyl halides is 1. The van der Waals surface area contributed by atoms with Crippen molar-refractivity contribution in [3.05, 3.63) is 47.2 Å². The predicted octanol–water partition coefficient (Wildman–Crippen LogP) is 3.35. The van der Waals surface area contributed by atoms with Crippen LogP contribution in [0.1, 0.15) is 5.56 Å². The molecule has 1 aromatic carbocycles. The van der Waals surface area contributed by atoms with E-state index in [4.69, 9.17) is 11.6 Å². The Morgan fingerprint density at radius 2 is 1.62 bits per heavy atom. The molecule has 0 amide bonds. The molecule has 1 aliphatic rings. The normalized spacial score (nSPS) is 15.3. The van der Waals surface area contributed by atoms with Gasteiger partial charge < -0.3 is 9.80 Å². The minimum Gasteiger partial charge on any atom is -0.367 e. The van der Waals surface area contributed by atoms with Gasteiger partial charge >= 0.3 is 0 Å². The van der Waals surface area contributed by atoms with Crippen LogP contribution in [0.4, 0.5) is 11.6 Å². The van der Waals surface area contributed by atoms with E-state index in [1.54, 1.807) is 0 Å². The van der Waals surface area contributed by atoms with Gasteiger partial charge in [0, 0.05) is 43.9 Å². The molecular formula is C15H16BrClN4. The molecule has 0 radical (unpaired) electrons. The van der Waals surface area contributed by atoms with Gasteiger partial charge in [0.25, 0.3) is 0 Å². The van der Waals surface area contributed by atoms with Crippen LogP contribution in [0.5, 0.6) is 0 Å². The monoisotopic (exact) mass is 366 g/mol. The second-order valence-corrected chi connectivity index (χ2v) is 5.92. The van der Waals surface area contributed by atoms with Gasteiger partial charge in [-0.1, -0.05) is 39.7 Å². The molecule has 0 aliphatic carbocycles. The number of hydrogen-bond acceptors (Lipinski definition) is 4. The fourth-order valence-electron chi connectivity index (χ4n) is 2.44. The highest BCUT2D eigenvalue weighted by atomic mass is 79.9. The summed E-state index contributed by atoms with van der Waals surface area (Å²) in [6.45, 7) is 3.65. The molecule has 110 valence electrons. The van der Waals surface area contributed by atoms with Crippen LogP contribution in [0.15, 0.2) is 36.7 Å². The summed E-state index contributed by atoms with van der Waals surface area (Å²) in [5, 5.41) is 1.59. The van der Waals surface area contributed by atoms with Gasteiger partial charge in [0.1, 0.15) is 0 Å². The van der Waals surface area contributed by atoms with Crippen molar-refractivity contribution in [3.63, 3.8) is 0 Å². The Morgan fingerprint density at radius 3 is 2.24 bits per heavy atom. The Bertz CT molecular complexity index is 597. The van der Waals surface area contributed by atoms with E-state index in [1.807, 2.05) is 30.6 Å². The van der Waals surface area contributed by atoms with Gasteiger partial charge in [0.2, 0.25) is 5.95 Å². The zero-order chi connectivity index (χ0) is 14.7. The second kappa shape index (κ2) is 6.62. The number of anilines is 2. The topological polar surface area (TPSA) is 32.3 Å². The number of aromatic nitrogens is 2. The largest absolute Gasteiger partial charge is 0.367 e. The highest BCUT2D eigenvalue weighted by molar-refractivity contribution is 9.08. The Morgan fingerprint density at radius 1 is 1.00 bits per heavy atom. The Hall–Kier alpha value is -1.33. The first-order chi connectivity index (χ1) is 10.3. The molecule has 0 atom stereocenters. The summed E-state index contributed by atoms with van der Waals surface area (Å²) in [7, 11) is 0. The lowest BCUT2D eigenvalue weighted by Gasteiger charge is -2.36. The molecule has 2 heterocycles. The molecule has 1 aliphatic heterocycles. The van der Waals surface area contributed by atoms with Crippen molar-refractivity contribution in [3.8, 4) is 0 Å². The van der Waals surface area contributed by atoms with Crippen molar-refractivity contribution in [1.29, 1.82) is 0 Å². The van der Waals surface area contributed by atoms with E-state index in [2.05, 4.69) is 41.8 Å². The minimum atomic E-state index is 0.785. The molecule has 6 heteroatoms. The molecule has 1 saturated heterocycles. The van der Waals surface area contributed by atoms with E-state index in [9.17, 15) is 0 Å². The SMILES string of the molecule is Clc1ccccc1N1CCN(c2ncc(CBr)cn2)CC1. The van der Waals surface area contributed by atoms with Crippen molar-refractivity contribution in [2.75, 3.05) is 36.0 Å². The summed E-state index contributed by atoms with van der Waals surface area (Å²) < 4.78 is 0. The summed E-state index contributed by atoms with van der Waals surface area (Å²) in [6, 6.07) is 7.99. The quantitative estimate of drug-likeness (QED) is 0.779. The van der Waals surface area contributed by atoms with E-state index in [0.29, 0.717) is 0 Å². The van der Waals surface area contributed by atoms with Crippen molar-refractivity contribution < 1.29 is 0 Å². The number of halogens is 2. The maximum Gasteiger partial charge on any atom is 0.225 e. The highest BCUT2D eigenvalue weighted by Gasteiger charge is 2.20. The average molecular weight is 368 g/mol. The van der Waals surface area contributed by atoms with Gasteiger partial charge in [0.05, 0.1) is 10.7 Å². The molecule has 0 saturated carbocycles. The van der Waals surface area contributed by atoms with Crippen molar-refractivity contribution in [2.24, 2.45) is 0 Å². The third kappa shape index (κ3) is 3.30. The van der Waals surface area contributed by atoms with Crippen LogP contribution in [0.3, 0.4) is 0 Å². The van der Waals surface area contributed by atoms with Crippen LogP contribution in [-0.4, -0.2) is 36.1 Å². The smallest absolute Gasteiger partial charge is 0.225 e. The lowest BCUT2D eigenvalue weighted by Crippen LogP contribution is -2.47. The summed E-state index contributed by atoms with van der Waals surface area (Å²) in [4.78, 5) is 13.4. The van der Waals surface area contributed by atoms with E-state index < -0.39 is 0 Å². The minimum absolute atomic E-state index is 0.785. The first-order valence-corrected chi connectivity index (χ1v) is 8.39. The predicted molar refractivity (Wildman–Crippen MR) is 90.5 cm³/mol. The molecule has 1 fully saturated rings. The standard InChI is InChI=1S/C15H16BrClN4/c16-9-12-10-18-15(19-11-12)21-7-5-20(6-8-21)14-4-2-1-3-13(14)17/h1-4,10-11H,5-9H2. The van der Waals surface area contributed by atoms with E-state index in [0.717, 1.165) is 53.7 Å². The number of para-hydroxylation sites is 1. The lowest BCUT2D eigenvalue weighted by molar-refractivity contribution is 0.639. The molecule has 1 aromatic heterocycles. The summed E-state index contributed by atoms with van der Waals surface area (Å²) >= 11 is 9.67. The number of benzene rings is 1. The van der Waals surface area contributed by atoms with E-state index in [-0.39, 0.29) is 0 Å². The molecule has 0 unspecified atom stereocenters. The van der Waals surface area contributed by atoms with Crippen LogP contribution in [-0.2, 0) is 5.33 Å². The first-order valence-electron chi connectivity index (χ1n) is 6.89. The maximum absolute atomic E-state index is 6.26. The molecule has 0 bridgehead atoms. The first kappa shape index (κ1) is 14.6. The number of nitrogens with zero attached hydrogens (tertiary/aromatic N) is 4. The number of rotatable bonds is 3. The van der Waals surface area contributed by atoms with Crippen molar-refractivity contribution in [2.45, 2.75) is 5.33 Å². The van der Waals surface area contributed by atoms with Gasteiger partial charge in [-0.25, -0.2) is 9.97 Å². The van der Waals surface area contributed by atoms with E-state index >= 15 is 0 Å². The number of piperazine rings is 1. The van der Waals surface area contributed by atoms with Gasteiger partial charge in [-0.05, 0) is 17.7 Å². The summed E-state index contributed by atoms with van der Waals surface area (Å²) in [5.74, 6) is 0.804. The zero-order valence-corrected chi connectivity index (χ0v) is 13.9. The highest BCUT2D eigenvalue weighted by Crippen LogP contribution is 2.26. The van der Waals surface area contributed by atoms with Crippen molar-refractivity contribution in [1.82, 2.24) is 9.97 Å². The van der Waals surface area contributed by atoms with Crippen LogP contribution in [0, 0.1) is 0 Å². The Kier molecular flexibility index (Phi) is 4.60. The van der Waals surface area contributed by atoms with Gasteiger partial charge in [0.15, 0.2) is 0 Å². The third-order valence-corrected chi connectivity index (χ3v) is 4.57. The average Bonchev–Trinajstić information content (AvgIpc) is 2.56. The van der Waals surface area contributed by atoms with E-state index in [1.165, 1.54) is 0 Å². The van der Waals surface area contributed by atoms with Crippen molar-refractivity contribution >= 4 is 39.2 Å². The molecule has 0 spiro atoms. The van der Waals surface area contributed by atoms with Crippen LogP contribution < -0.4 is 9.80 Å². The molecule has 3 rings (SSSR count). The lowest BCUT2D eigenvalue weighted by atomic mass is 10.2. The summed E-state index contributed by atoms with van der Waals surface area (Å²) in [6.07, 6.45) is 3.75. The molecular weight excluding hydrogens is 352 g/mol. The zero-order valence-electron chi connectivity index (χ0n) is 11.5. The van der Waals surface area contributed by atoms with Crippen LogP contribution >= 0.6 is 27.5 Å². The fourth-order valence-corrected chi connectivity index (χ4v) is 2.98. The third-order valence-electron chi connectivity index (χ3n) is 3.60. The van der Waals surface area contributed by atoms with Crippen LogP contribution in [0.2, 0.25) is 5.02 Å². The maximum atomic E-state index is 6.26. The molecule has 2 aromatic rings. The summed E-state index contributed by atoms with van der Waals surface area (Å²) in [5.41, 5.74) is 2.20. The number of hydrogen-bond donors (Lipinski definition) is 0. The van der Waals surface area contributed by atoms with Gasteiger partial charge in [-0.15, -0.1) is 0 Å². The van der Waals surface area contributed by atoms with Crippen LogP contribution in [0.25, 0.3) is 0 Å².